The molecule has 0 spiro atoms. The monoisotopic (exact) mass is 398 g/mol. The Labute approximate surface area is 146 Å². The maximum atomic E-state index is 13.7. The van der Waals surface area contributed by atoms with Crippen LogP contribution in [-0.4, -0.2) is 26.4 Å². The number of halogens is 2. The number of hydrogen-bond donors (Lipinski definition) is 1. The molecule has 23 heavy (non-hydrogen) atoms. The number of carbonyl (C=O) groups is 1. The lowest BCUT2D eigenvalue weighted by Gasteiger charge is -2.08. The van der Waals surface area contributed by atoms with Gasteiger partial charge in [-0.3, -0.25) is 4.79 Å². The molecule has 1 saturated carbocycles. The van der Waals surface area contributed by atoms with Gasteiger partial charge in [0.15, 0.2) is 5.16 Å². The highest BCUT2D eigenvalue weighted by atomic mass is 79.9. The molecule has 2 aromatic rings. The summed E-state index contributed by atoms with van der Waals surface area (Å²) < 4.78 is 16.5. The number of rotatable bonds is 6. The Morgan fingerprint density at radius 3 is 2.91 bits per heavy atom. The molecular formula is C15H16BrFN4OS. The summed E-state index contributed by atoms with van der Waals surface area (Å²) in [5.74, 6) is 0.394. The topological polar surface area (TPSA) is 59.8 Å². The first-order valence-electron chi connectivity index (χ1n) is 7.40. The number of anilines is 1. The highest BCUT2D eigenvalue weighted by molar-refractivity contribution is 9.10. The normalized spacial score (nSPS) is 14.0. The molecule has 1 amide bonds. The van der Waals surface area contributed by atoms with Crippen molar-refractivity contribution in [3.63, 3.8) is 0 Å². The third-order valence-corrected chi connectivity index (χ3v) is 4.94. The van der Waals surface area contributed by atoms with E-state index in [1.54, 1.807) is 6.07 Å². The molecule has 5 nitrogen and oxygen atoms in total. The van der Waals surface area contributed by atoms with Crippen LogP contribution in [0.5, 0.6) is 0 Å². The van der Waals surface area contributed by atoms with Crippen LogP contribution >= 0.6 is 27.7 Å². The minimum absolute atomic E-state index is 0.171. The van der Waals surface area contributed by atoms with E-state index < -0.39 is 5.82 Å². The Morgan fingerprint density at radius 1 is 1.48 bits per heavy atom. The Hall–Kier alpha value is -1.41. The SMILES string of the molecule is CCc1nnc(SCC(=O)Nc2ccc(Br)cc2F)n1C1CC1. The molecule has 0 radical (unpaired) electrons. The number of nitrogens with one attached hydrogen (secondary N) is 1. The van der Waals surface area contributed by atoms with Gasteiger partial charge in [0.05, 0.1) is 11.4 Å². The van der Waals surface area contributed by atoms with Gasteiger partial charge in [0.2, 0.25) is 5.91 Å². The summed E-state index contributed by atoms with van der Waals surface area (Å²) in [6.07, 6.45) is 3.09. The number of nitrogens with zero attached hydrogens (tertiary/aromatic N) is 3. The average Bonchev–Trinajstić information content (AvgIpc) is 3.28. The zero-order valence-corrected chi connectivity index (χ0v) is 15.0. The standard InChI is InChI=1S/C15H16BrFN4OS/c1-2-13-19-20-15(21(13)10-4-5-10)23-8-14(22)18-12-6-3-9(16)7-11(12)17/h3,6-7,10H,2,4-5,8H2,1H3,(H,18,22). The first-order chi connectivity index (χ1) is 11.1. The number of carbonyl (C=O) groups excluding carboxylic acids is 1. The van der Waals surface area contributed by atoms with Crippen molar-refractivity contribution in [2.45, 2.75) is 37.4 Å². The van der Waals surface area contributed by atoms with Gasteiger partial charge < -0.3 is 9.88 Å². The molecule has 0 atom stereocenters. The highest BCUT2D eigenvalue weighted by Crippen LogP contribution is 2.38. The number of hydrogen-bond acceptors (Lipinski definition) is 4. The predicted octanol–water partition coefficient (Wildman–Crippen LogP) is 3.81. The Balaban J connectivity index is 1.62. The van der Waals surface area contributed by atoms with Crippen LogP contribution in [0.15, 0.2) is 27.8 Å². The quantitative estimate of drug-likeness (QED) is 0.751. The van der Waals surface area contributed by atoms with Gasteiger partial charge in [-0.2, -0.15) is 0 Å². The van der Waals surface area contributed by atoms with Crippen molar-refractivity contribution in [3.05, 3.63) is 34.3 Å². The number of thioether (sulfide) groups is 1. The van der Waals surface area contributed by atoms with Gasteiger partial charge in [-0.25, -0.2) is 4.39 Å². The van der Waals surface area contributed by atoms with Gasteiger partial charge in [0.25, 0.3) is 0 Å². The number of amides is 1. The molecule has 1 heterocycles. The van der Waals surface area contributed by atoms with Gasteiger partial charge in [-0.1, -0.05) is 34.6 Å². The van der Waals surface area contributed by atoms with Gasteiger partial charge in [0.1, 0.15) is 11.6 Å². The molecule has 8 heteroatoms. The van der Waals surface area contributed by atoms with Crippen LogP contribution in [0.4, 0.5) is 10.1 Å². The second-order valence-electron chi connectivity index (χ2n) is 5.31. The number of aromatic nitrogens is 3. The molecule has 0 saturated heterocycles. The van der Waals surface area contributed by atoms with Crippen molar-refractivity contribution in [1.29, 1.82) is 0 Å². The van der Waals surface area contributed by atoms with Crippen LogP contribution in [0.1, 0.15) is 31.6 Å². The summed E-state index contributed by atoms with van der Waals surface area (Å²) in [5.41, 5.74) is 0.178. The van der Waals surface area contributed by atoms with Crippen molar-refractivity contribution >= 4 is 39.3 Å². The van der Waals surface area contributed by atoms with E-state index >= 15 is 0 Å². The molecule has 1 fully saturated rings. The van der Waals surface area contributed by atoms with E-state index in [9.17, 15) is 9.18 Å². The zero-order chi connectivity index (χ0) is 16.4. The van der Waals surface area contributed by atoms with Crippen LogP contribution in [0.2, 0.25) is 0 Å². The average molecular weight is 399 g/mol. The van der Waals surface area contributed by atoms with Crippen molar-refractivity contribution in [2.24, 2.45) is 0 Å². The molecule has 3 rings (SSSR count). The lowest BCUT2D eigenvalue weighted by atomic mass is 10.3. The van der Waals surface area contributed by atoms with Crippen LogP contribution in [0, 0.1) is 5.82 Å². The molecular weight excluding hydrogens is 383 g/mol. The van der Waals surface area contributed by atoms with Crippen molar-refractivity contribution < 1.29 is 9.18 Å². The van der Waals surface area contributed by atoms with Gasteiger partial charge >= 0.3 is 0 Å². The van der Waals surface area contributed by atoms with Crippen molar-refractivity contribution in [1.82, 2.24) is 14.8 Å². The minimum atomic E-state index is -0.466. The van der Waals surface area contributed by atoms with Crippen molar-refractivity contribution in [3.8, 4) is 0 Å². The Morgan fingerprint density at radius 2 is 2.26 bits per heavy atom. The van der Waals surface area contributed by atoms with Gasteiger partial charge in [0, 0.05) is 16.9 Å². The second kappa shape index (κ2) is 7.00. The molecule has 0 unspecified atom stereocenters. The molecule has 0 aliphatic heterocycles. The fraction of sp³-hybridized carbons (Fsp3) is 0.400. The molecule has 122 valence electrons. The van der Waals surface area contributed by atoms with E-state index in [4.69, 9.17) is 0 Å². The molecule has 1 aromatic heterocycles. The van der Waals surface area contributed by atoms with E-state index in [0.717, 1.165) is 30.2 Å². The second-order valence-corrected chi connectivity index (χ2v) is 7.17. The fourth-order valence-corrected chi connectivity index (χ4v) is 3.41. The summed E-state index contributed by atoms with van der Waals surface area (Å²) in [4.78, 5) is 12.0. The minimum Gasteiger partial charge on any atom is -0.323 e. The molecule has 1 aromatic carbocycles. The number of benzene rings is 1. The lowest BCUT2D eigenvalue weighted by Crippen LogP contribution is -2.15. The van der Waals surface area contributed by atoms with E-state index in [1.807, 2.05) is 6.92 Å². The van der Waals surface area contributed by atoms with Gasteiger partial charge in [-0.15, -0.1) is 10.2 Å². The van der Waals surface area contributed by atoms with E-state index in [1.165, 1.54) is 23.9 Å². The zero-order valence-electron chi connectivity index (χ0n) is 12.6. The maximum Gasteiger partial charge on any atom is 0.234 e. The molecule has 1 N–H and O–H groups in total. The predicted molar refractivity (Wildman–Crippen MR) is 91.1 cm³/mol. The van der Waals surface area contributed by atoms with Gasteiger partial charge in [-0.05, 0) is 31.0 Å². The maximum absolute atomic E-state index is 13.7. The summed E-state index contributed by atoms with van der Waals surface area (Å²) in [5, 5.41) is 11.7. The highest BCUT2D eigenvalue weighted by Gasteiger charge is 2.29. The van der Waals surface area contributed by atoms with E-state index in [-0.39, 0.29) is 17.3 Å². The van der Waals surface area contributed by atoms with E-state index in [2.05, 4.69) is 36.0 Å². The van der Waals surface area contributed by atoms with Crippen LogP contribution in [-0.2, 0) is 11.2 Å². The third kappa shape index (κ3) is 3.92. The summed E-state index contributed by atoms with van der Waals surface area (Å²) in [6, 6.07) is 5.00. The number of aryl methyl sites for hydroxylation is 1. The van der Waals surface area contributed by atoms with Crippen LogP contribution < -0.4 is 5.32 Å². The lowest BCUT2D eigenvalue weighted by molar-refractivity contribution is -0.113. The van der Waals surface area contributed by atoms with E-state index in [0.29, 0.717) is 10.5 Å². The molecule has 1 aliphatic carbocycles. The van der Waals surface area contributed by atoms with Crippen molar-refractivity contribution in [2.75, 3.05) is 11.1 Å². The third-order valence-electron chi connectivity index (χ3n) is 3.50. The largest absolute Gasteiger partial charge is 0.323 e. The van der Waals surface area contributed by atoms with Crippen LogP contribution in [0.25, 0.3) is 0 Å². The summed E-state index contributed by atoms with van der Waals surface area (Å²) in [6.45, 7) is 2.04. The van der Waals surface area contributed by atoms with Crippen LogP contribution in [0.3, 0.4) is 0 Å². The Kier molecular flexibility index (Phi) is 5.01. The smallest absolute Gasteiger partial charge is 0.234 e. The first-order valence-corrected chi connectivity index (χ1v) is 9.17. The molecule has 1 aliphatic rings. The summed E-state index contributed by atoms with van der Waals surface area (Å²) in [7, 11) is 0. The molecule has 0 bridgehead atoms. The summed E-state index contributed by atoms with van der Waals surface area (Å²) >= 11 is 4.52. The Bertz CT molecular complexity index is 732. The first kappa shape index (κ1) is 16.4. The fourth-order valence-electron chi connectivity index (χ4n) is 2.25.